The van der Waals surface area contributed by atoms with Crippen molar-refractivity contribution in [2.45, 2.75) is 6.42 Å². The summed E-state index contributed by atoms with van der Waals surface area (Å²) in [5.41, 5.74) is 1.35. The SMILES string of the molecule is CN(C)CCCNC(=O)c1ccnc(N(C)c2ccccc2)n1. The van der Waals surface area contributed by atoms with E-state index < -0.39 is 0 Å². The number of amides is 1. The number of rotatable bonds is 7. The van der Waals surface area contributed by atoms with Gasteiger partial charge in [0, 0.05) is 25.5 Å². The van der Waals surface area contributed by atoms with E-state index in [4.69, 9.17) is 0 Å². The van der Waals surface area contributed by atoms with Crippen LogP contribution in [0.3, 0.4) is 0 Å². The van der Waals surface area contributed by atoms with Gasteiger partial charge in [0.2, 0.25) is 5.95 Å². The molecule has 122 valence electrons. The first-order valence-corrected chi connectivity index (χ1v) is 7.62. The van der Waals surface area contributed by atoms with Gasteiger partial charge in [0.25, 0.3) is 5.91 Å². The monoisotopic (exact) mass is 313 g/mol. The molecule has 23 heavy (non-hydrogen) atoms. The minimum absolute atomic E-state index is 0.172. The predicted octanol–water partition coefficient (Wildman–Crippen LogP) is 1.93. The average molecular weight is 313 g/mol. The number of para-hydroxylation sites is 1. The van der Waals surface area contributed by atoms with Gasteiger partial charge in [-0.15, -0.1) is 0 Å². The van der Waals surface area contributed by atoms with E-state index in [0.717, 1.165) is 18.7 Å². The quantitative estimate of drug-likeness (QED) is 0.791. The molecule has 0 radical (unpaired) electrons. The largest absolute Gasteiger partial charge is 0.351 e. The van der Waals surface area contributed by atoms with E-state index in [0.29, 0.717) is 18.2 Å². The van der Waals surface area contributed by atoms with E-state index in [2.05, 4.69) is 20.2 Å². The highest BCUT2D eigenvalue weighted by atomic mass is 16.1. The third kappa shape index (κ3) is 5.03. The highest BCUT2D eigenvalue weighted by Gasteiger charge is 2.11. The molecule has 0 fully saturated rings. The lowest BCUT2D eigenvalue weighted by Gasteiger charge is -2.17. The molecule has 0 unspecified atom stereocenters. The van der Waals surface area contributed by atoms with Gasteiger partial charge in [-0.1, -0.05) is 18.2 Å². The number of nitrogens with one attached hydrogen (secondary N) is 1. The first-order chi connectivity index (χ1) is 11.1. The van der Waals surface area contributed by atoms with Crippen molar-refractivity contribution in [2.75, 3.05) is 39.1 Å². The number of hydrogen-bond acceptors (Lipinski definition) is 5. The second kappa shape index (κ2) is 8.24. The fourth-order valence-corrected chi connectivity index (χ4v) is 2.09. The lowest BCUT2D eigenvalue weighted by Crippen LogP contribution is -2.28. The van der Waals surface area contributed by atoms with Crippen LogP contribution >= 0.6 is 0 Å². The van der Waals surface area contributed by atoms with Gasteiger partial charge in [-0.05, 0) is 45.3 Å². The van der Waals surface area contributed by atoms with Crippen molar-refractivity contribution in [3.8, 4) is 0 Å². The smallest absolute Gasteiger partial charge is 0.270 e. The summed E-state index contributed by atoms with van der Waals surface area (Å²) in [6, 6.07) is 11.4. The second-order valence-corrected chi connectivity index (χ2v) is 5.55. The molecule has 2 rings (SSSR count). The molecule has 1 aromatic carbocycles. The molecule has 1 amide bonds. The molecule has 1 heterocycles. The number of aromatic nitrogens is 2. The van der Waals surface area contributed by atoms with Crippen LogP contribution in [0.5, 0.6) is 0 Å². The fraction of sp³-hybridized carbons (Fsp3) is 0.353. The Morgan fingerprint density at radius 2 is 1.87 bits per heavy atom. The Morgan fingerprint density at radius 3 is 2.57 bits per heavy atom. The van der Waals surface area contributed by atoms with E-state index >= 15 is 0 Å². The van der Waals surface area contributed by atoms with Crippen LogP contribution in [0.4, 0.5) is 11.6 Å². The third-order valence-corrected chi connectivity index (χ3v) is 3.39. The van der Waals surface area contributed by atoms with Gasteiger partial charge in [0.15, 0.2) is 0 Å². The Kier molecular flexibility index (Phi) is 6.05. The maximum atomic E-state index is 12.2. The van der Waals surface area contributed by atoms with E-state index in [-0.39, 0.29) is 5.91 Å². The van der Waals surface area contributed by atoms with Crippen molar-refractivity contribution in [1.29, 1.82) is 0 Å². The summed E-state index contributed by atoms with van der Waals surface area (Å²) in [4.78, 5) is 24.7. The van der Waals surface area contributed by atoms with Crippen molar-refractivity contribution in [1.82, 2.24) is 20.2 Å². The highest BCUT2D eigenvalue weighted by Crippen LogP contribution is 2.18. The predicted molar refractivity (Wildman–Crippen MR) is 92.0 cm³/mol. The second-order valence-electron chi connectivity index (χ2n) is 5.55. The van der Waals surface area contributed by atoms with Crippen molar-refractivity contribution in [2.24, 2.45) is 0 Å². The average Bonchev–Trinajstić information content (AvgIpc) is 2.58. The van der Waals surface area contributed by atoms with Gasteiger partial charge in [0.1, 0.15) is 5.69 Å². The topological polar surface area (TPSA) is 61.4 Å². The van der Waals surface area contributed by atoms with Gasteiger partial charge < -0.3 is 15.1 Å². The summed E-state index contributed by atoms with van der Waals surface area (Å²) in [5, 5.41) is 2.89. The van der Waals surface area contributed by atoms with Crippen molar-refractivity contribution < 1.29 is 4.79 Å². The van der Waals surface area contributed by atoms with Crippen molar-refractivity contribution >= 4 is 17.5 Å². The lowest BCUT2D eigenvalue weighted by molar-refractivity contribution is 0.0947. The summed E-state index contributed by atoms with van der Waals surface area (Å²) in [6.07, 6.45) is 2.51. The third-order valence-electron chi connectivity index (χ3n) is 3.39. The summed E-state index contributed by atoms with van der Waals surface area (Å²) in [6.45, 7) is 1.57. The van der Waals surface area contributed by atoms with Crippen LogP contribution in [0.1, 0.15) is 16.9 Å². The van der Waals surface area contributed by atoms with Gasteiger partial charge >= 0.3 is 0 Å². The highest BCUT2D eigenvalue weighted by molar-refractivity contribution is 5.92. The molecule has 0 aliphatic heterocycles. The minimum atomic E-state index is -0.172. The van der Waals surface area contributed by atoms with Crippen LogP contribution in [0.2, 0.25) is 0 Å². The molecule has 0 saturated heterocycles. The van der Waals surface area contributed by atoms with Crippen LogP contribution in [-0.4, -0.2) is 55.0 Å². The molecule has 0 bridgehead atoms. The van der Waals surface area contributed by atoms with Crippen molar-refractivity contribution in [3.63, 3.8) is 0 Å². The molecule has 0 aliphatic carbocycles. The minimum Gasteiger partial charge on any atom is -0.351 e. The lowest BCUT2D eigenvalue weighted by atomic mass is 10.3. The Morgan fingerprint density at radius 1 is 1.13 bits per heavy atom. The van der Waals surface area contributed by atoms with Gasteiger partial charge in [0.05, 0.1) is 0 Å². The summed E-state index contributed by atoms with van der Waals surface area (Å²) in [7, 11) is 5.90. The molecule has 1 N–H and O–H groups in total. The first-order valence-electron chi connectivity index (χ1n) is 7.62. The molecule has 6 heteroatoms. The van der Waals surface area contributed by atoms with Gasteiger partial charge in [-0.25, -0.2) is 9.97 Å². The summed E-state index contributed by atoms with van der Waals surface area (Å²) < 4.78 is 0. The van der Waals surface area contributed by atoms with E-state index in [1.54, 1.807) is 12.3 Å². The summed E-state index contributed by atoms with van der Waals surface area (Å²) in [5.74, 6) is 0.325. The standard InChI is InChI=1S/C17H23N5O/c1-21(2)13-7-11-18-16(23)15-10-12-19-17(20-15)22(3)14-8-5-4-6-9-14/h4-6,8-10,12H,7,11,13H2,1-3H3,(H,18,23). The first kappa shape index (κ1) is 16.9. The maximum Gasteiger partial charge on any atom is 0.270 e. The zero-order valence-corrected chi connectivity index (χ0v) is 13.9. The Labute approximate surface area is 137 Å². The molecular weight excluding hydrogens is 290 g/mol. The molecule has 6 nitrogen and oxygen atoms in total. The molecule has 1 aromatic heterocycles. The van der Waals surface area contributed by atoms with Crippen LogP contribution in [-0.2, 0) is 0 Å². The molecule has 0 aliphatic rings. The van der Waals surface area contributed by atoms with E-state index in [9.17, 15) is 4.79 Å². The maximum absolute atomic E-state index is 12.2. The number of carbonyl (C=O) groups is 1. The number of benzene rings is 1. The molecule has 0 spiro atoms. The van der Waals surface area contributed by atoms with Gasteiger partial charge in [-0.2, -0.15) is 0 Å². The molecular formula is C17H23N5O. The van der Waals surface area contributed by atoms with E-state index in [1.165, 1.54) is 0 Å². The normalized spacial score (nSPS) is 10.6. The zero-order valence-electron chi connectivity index (χ0n) is 13.9. The van der Waals surface area contributed by atoms with Crippen LogP contribution < -0.4 is 10.2 Å². The summed E-state index contributed by atoms with van der Waals surface area (Å²) >= 11 is 0. The number of nitrogens with zero attached hydrogens (tertiary/aromatic N) is 4. The molecule has 0 saturated carbocycles. The number of anilines is 2. The Bertz CT molecular complexity index is 630. The number of carbonyl (C=O) groups excluding carboxylic acids is 1. The van der Waals surface area contributed by atoms with Gasteiger partial charge in [-0.3, -0.25) is 4.79 Å². The Hall–Kier alpha value is -2.47. The number of hydrogen-bond donors (Lipinski definition) is 1. The molecule has 2 aromatic rings. The Balaban J connectivity index is 2.00. The molecule has 0 atom stereocenters. The van der Waals surface area contributed by atoms with Crippen LogP contribution in [0, 0.1) is 0 Å². The van der Waals surface area contributed by atoms with Crippen LogP contribution in [0.15, 0.2) is 42.6 Å². The van der Waals surface area contributed by atoms with Crippen LogP contribution in [0.25, 0.3) is 0 Å². The van der Waals surface area contributed by atoms with Crippen molar-refractivity contribution in [3.05, 3.63) is 48.3 Å². The fourth-order valence-electron chi connectivity index (χ4n) is 2.09. The zero-order chi connectivity index (χ0) is 16.7. The van der Waals surface area contributed by atoms with E-state index in [1.807, 2.05) is 56.4 Å².